The molecule has 1 aromatic carbocycles. The second kappa shape index (κ2) is 4.51. The van der Waals surface area contributed by atoms with Gasteiger partial charge in [0, 0.05) is 0 Å². The third kappa shape index (κ3) is 2.41. The first kappa shape index (κ1) is 10.3. The quantitative estimate of drug-likeness (QED) is 0.717. The number of hydrogen-bond donors (Lipinski definition) is 0. The van der Waals surface area contributed by atoms with Crippen molar-refractivity contribution in [1.82, 2.24) is 0 Å². The Kier molecular flexibility index (Phi) is 3.09. The Bertz CT molecular complexity index is 477. The fourth-order valence-corrected chi connectivity index (χ4v) is 1.43. The van der Waals surface area contributed by atoms with Crippen LogP contribution in [0.15, 0.2) is 46.0 Å². The average Bonchev–Trinajstić information content (AvgIpc) is 2.73. The van der Waals surface area contributed by atoms with E-state index in [2.05, 4.69) is 4.99 Å². The lowest BCUT2D eigenvalue weighted by Crippen LogP contribution is -1.75. The fourth-order valence-electron chi connectivity index (χ4n) is 1.09. The van der Waals surface area contributed by atoms with Crippen molar-refractivity contribution in [3.63, 3.8) is 0 Å². The molecule has 15 heavy (non-hydrogen) atoms. The molecule has 2 rings (SSSR count). The second-order valence-corrected chi connectivity index (χ2v) is 3.63. The molecule has 2 nitrogen and oxygen atoms in total. The van der Waals surface area contributed by atoms with E-state index in [0.717, 1.165) is 0 Å². The molecule has 0 aliphatic carbocycles. The van der Waals surface area contributed by atoms with Crippen LogP contribution in [-0.2, 0) is 0 Å². The number of furan rings is 1. The number of rotatable bonds is 2. The van der Waals surface area contributed by atoms with E-state index >= 15 is 0 Å². The molecule has 0 unspecified atom stereocenters. The van der Waals surface area contributed by atoms with Gasteiger partial charge in [0.25, 0.3) is 0 Å². The van der Waals surface area contributed by atoms with E-state index in [1.54, 1.807) is 36.7 Å². The van der Waals surface area contributed by atoms with E-state index in [1.807, 2.05) is 6.07 Å². The van der Waals surface area contributed by atoms with Crippen molar-refractivity contribution in [3.05, 3.63) is 52.4 Å². The van der Waals surface area contributed by atoms with E-state index < -0.39 is 0 Å². The number of aliphatic imine (C=N–C) groups is 1. The Labute approximate surface area is 97.1 Å². The zero-order valence-electron chi connectivity index (χ0n) is 7.65. The van der Waals surface area contributed by atoms with Crippen molar-refractivity contribution in [3.8, 4) is 0 Å². The van der Waals surface area contributed by atoms with Crippen LogP contribution in [0.2, 0.25) is 10.0 Å². The molecule has 2 aromatic rings. The highest BCUT2D eigenvalue weighted by molar-refractivity contribution is 6.43. The Morgan fingerprint density at radius 2 is 2.00 bits per heavy atom. The minimum atomic E-state index is 0.446. The van der Waals surface area contributed by atoms with Crippen LogP contribution in [0.1, 0.15) is 5.76 Å². The molecule has 76 valence electrons. The summed E-state index contributed by atoms with van der Waals surface area (Å²) in [6.07, 6.45) is 3.18. The monoisotopic (exact) mass is 239 g/mol. The van der Waals surface area contributed by atoms with Crippen LogP contribution in [0.3, 0.4) is 0 Å². The largest absolute Gasteiger partial charge is 0.463 e. The van der Waals surface area contributed by atoms with Gasteiger partial charge >= 0.3 is 0 Å². The Morgan fingerprint density at radius 1 is 1.13 bits per heavy atom. The molecule has 0 N–H and O–H groups in total. The van der Waals surface area contributed by atoms with Crippen LogP contribution >= 0.6 is 23.2 Å². The topological polar surface area (TPSA) is 25.5 Å². The van der Waals surface area contributed by atoms with Crippen LogP contribution in [0, 0.1) is 0 Å². The standard InChI is InChI=1S/C11H7Cl2NO/c12-9-4-1-5-10(11(9)13)14-7-8-3-2-6-15-8/h1-7H. The van der Waals surface area contributed by atoms with Crippen molar-refractivity contribution in [2.75, 3.05) is 0 Å². The van der Waals surface area contributed by atoms with E-state index in [-0.39, 0.29) is 0 Å². The summed E-state index contributed by atoms with van der Waals surface area (Å²) in [7, 11) is 0. The molecule has 0 fully saturated rings. The maximum absolute atomic E-state index is 5.96. The molecule has 0 saturated heterocycles. The molecule has 4 heteroatoms. The predicted octanol–water partition coefficient (Wildman–Crippen LogP) is 4.34. The van der Waals surface area contributed by atoms with Gasteiger partial charge in [-0.05, 0) is 24.3 Å². The van der Waals surface area contributed by atoms with Crippen LogP contribution in [-0.4, -0.2) is 6.21 Å². The SMILES string of the molecule is Clc1cccc(N=Cc2ccco2)c1Cl. The summed E-state index contributed by atoms with van der Waals surface area (Å²) in [4.78, 5) is 4.17. The molecular formula is C11H7Cl2NO. The summed E-state index contributed by atoms with van der Waals surface area (Å²) >= 11 is 11.8. The van der Waals surface area contributed by atoms with Crippen molar-refractivity contribution in [2.24, 2.45) is 4.99 Å². The van der Waals surface area contributed by atoms with Gasteiger partial charge < -0.3 is 4.42 Å². The highest BCUT2D eigenvalue weighted by Gasteiger charge is 2.01. The van der Waals surface area contributed by atoms with E-state index in [1.165, 1.54) is 0 Å². The van der Waals surface area contributed by atoms with Gasteiger partial charge in [0.1, 0.15) is 5.76 Å². The smallest absolute Gasteiger partial charge is 0.144 e. The number of benzene rings is 1. The molecule has 0 radical (unpaired) electrons. The lowest BCUT2D eigenvalue weighted by atomic mass is 10.3. The summed E-state index contributed by atoms with van der Waals surface area (Å²) in [5, 5.41) is 0.938. The summed E-state index contributed by atoms with van der Waals surface area (Å²) in [6, 6.07) is 8.90. The molecular weight excluding hydrogens is 233 g/mol. The van der Waals surface area contributed by atoms with Gasteiger partial charge in [0.05, 0.1) is 28.2 Å². The van der Waals surface area contributed by atoms with Gasteiger partial charge in [-0.25, -0.2) is 0 Å². The van der Waals surface area contributed by atoms with Crippen LogP contribution in [0.4, 0.5) is 5.69 Å². The van der Waals surface area contributed by atoms with Gasteiger partial charge in [-0.1, -0.05) is 29.3 Å². The van der Waals surface area contributed by atoms with E-state index in [4.69, 9.17) is 27.6 Å². The van der Waals surface area contributed by atoms with Gasteiger partial charge in [-0.15, -0.1) is 0 Å². The molecule has 0 aliphatic heterocycles. The summed E-state index contributed by atoms with van der Waals surface area (Å²) in [6.45, 7) is 0. The van der Waals surface area contributed by atoms with Gasteiger partial charge in [0.2, 0.25) is 0 Å². The lowest BCUT2D eigenvalue weighted by molar-refractivity contribution is 0.560. The summed E-state index contributed by atoms with van der Waals surface area (Å²) in [5.41, 5.74) is 0.626. The number of nitrogens with zero attached hydrogens (tertiary/aromatic N) is 1. The predicted molar refractivity (Wildman–Crippen MR) is 62.4 cm³/mol. The minimum Gasteiger partial charge on any atom is -0.463 e. The molecule has 0 atom stereocenters. The maximum Gasteiger partial charge on any atom is 0.144 e. The van der Waals surface area contributed by atoms with Gasteiger partial charge in [-0.3, -0.25) is 4.99 Å². The van der Waals surface area contributed by atoms with Crippen molar-refractivity contribution < 1.29 is 4.42 Å². The Hall–Kier alpha value is -1.25. The first-order valence-corrected chi connectivity index (χ1v) is 5.04. The molecule has 1 heterocycles. The minimum absolute atomic E-state index is 0.446. The van der Waals surface area contributed by atoms with Crippen LogP contribution < -0.4 is 0 Å². The number of halogens is 2. The highest BCUT2D eigenvalue weighted by atomic mass is 35.5. The van der Waals surface area contributed by atoms with Crippen LogP contribution in [0.25, 0.3) is 0 Å². The van der Waals surface area contributed by atoms with Crippen LogP contribution in [0.5, 0.6) is 0 Å². The molecule has 1 aromatic heterocycles. The fraction of sp³-hybridized carbons (Fsp3) is 0. The number of hydrogen-bond acceptors (Lipinski definition) is 2. The van der Waals surface area contributed by atoms with Crippen molar-refractivity contribution in [1.29, 1.82) is 0 Å². The Morgan fingerprint density at radius 3 is 2.73 bits per heavy atom. The molecule has 0 saturated carbocycles. The van der Waals surface area contributed by atoms with E-state index in [9.17, 15) is 0 Å². The maximum atomic E-state index is 5.96. The first-order chi connectivity index (χ1) is 7.27. The Balaban J connectivity index is 2.28. The molecule has 0 spiro atoms. The molecule has 0 bridgehead atoms. The zero-order valence-corrected chi connectivity index (χ0v) is 9.16. The van der Waals surface area contributed by atoms with Gasteiger partial charge in [-0.2, -0.15) is 0 Å². The zero-order chi connectivity index (χ0) is 10.7. The highest BCUT2D eigenvalue weighted by Crippen LogP contribution is 2.31. The third-order valence-corrected chi connectivity index (χ3v) is 2.61. The third-order valence-electron chi connectivity index (χ3n) is 1.81. The molecule has 0 amide bonds. The first-order valence-electron chi connectivity index (χ1n) is 4.29. The van der Waals surface area contributed by atoms with Crippen molar-refractivity contribution in [2.45, 2.75) is 0 Å². The normalized spacial score (nSPS) is 11.1. The molecule has 0 aliphatic rings. The van der Waals surface area contributed by atoms with Crippen molar-refractivity contribution >= 4 is 35.1 Å². The summed E-state index contributed by atoms with van der Waals surface area (Å²) in [5.74, 6) is 0.672. The van der Waals surface area contributed by atoms with E-state index in [0.29, 0.717) is 21.5 Å². The second-order valence-electron chi connectivity index (χ2n) is 2.85. The van der Waals surface area contributed by atoms with Gasteiger partial charge in [0.15, 0.2) is 0 Å². The lowest BCUT2D eigenvalue weighted by Gasteiger charge is -1.98. The summed E-state index contributed by atoms with van der Waals surface area (Å²) < 4.78 is 5.10. The average molecular weight is 240 g/mol.